The standard InChI is InChI=1S/C18H23N3.HI/c1-2-13-20-18(19)21-14-17(15-9-5-3-6-10-15)16-11-7-4-8-12-16;/h3-12,17H,2,13-14H2,1H3,(H3,19,20,21);1H. The van der Waals surface area contributed by atoms with Crippen LogP contribution >= 0.6 is 24.0 Å². The van der Waals surface area contributed by atoms with E-state index in [0.717, 1.165) is 13.0 Å². The van der Waals surface area contributed by atoms with Gasteiger partial charge in [-0.2, -0.15) is 0 Å². The third kappa shape index (κ3) is 5.67. The first-order valence-corrected chi connectivity index (χ1v) is 7.45. The fourth-order valence-corrected chi connectivity index (χ4v) is 2.27. The van der Waals surface area contributed by atoms with Crippen molar-refractivity contribution < 1.29 is 0 Å². The van der Waals surface area contributed by atoms with Gasteiger partial charge in [-0.3, -0.25) is 4.99 Å². The molecule has 0 aliphatic carbocycles. The topological polar surface area (TPSA) is 50.4 Å². The molecular weight excluding hydrogens is 385 g/mol. The number of nitrogens with two attached hydrogens (primary N) is 1. The maximum atomic E-state index is 5.90. The zero-order valence-electron chi connectivity index (χ0n) is 12.9. The van der Waals surface area contributed by atoms with Crippen molar-refractivity contribution in [3.05, 3.63) is 71.8 Å². The third-order valence-corrected chi connectivity index (χ3v) is 3.40. The van der Waals surface area contributed by atoms with E-state index in [-0.39, 0.29) is 29.9 Å². The van der Waals surface area contributed by atoms with E-state index < -0.39 is 0 Å². The molecule has 0 spiro atoms. The van der Waals surface area contributed by atoms with E-state index in [0.29, 0.717) is 12.5 Å². The number of benzene rings is 2. The van der Waals surface area contributed by atoms with E-state index in [4.69, 9.17) is 5.73 Å². The molecular formula is C18H24IN3. The Bertz CT molecular complexity index is 516. The number of nitrogens with zero attached hydrogens (tertiary/aromatic N) is 1. The molecule has 0 amide bonds. The molecule has 0 saturated carbocycles. The molecule has 3 N–H and O–H groups in total. The molecule has 0 fully saturated rings. The summed E-state index contributed by atoms with van der Waals surface area (Å²) in [5.41, 5.74) is 8.42. The summed E-state index contributed by atoms with van der Waals surface area (Å²) in [6.45, 7) is 3.62. The summed E-state index contributed by atoms with van der Waals surface area (Å²) >= 11 is 0. The number of nitrogens with one attached hydrogen (secondary N) is 1. The number of hydrogen-bond donors (Lipinski definition) is 2. The van der Waals surface area contributed by atoms with Gasteiger partial charge >= 0.3 is 0 Å². The molecule has 0 saturated heterocycles. The Labute approximate surface area is 150 Å². The van der Waals surface area contributed by atoms with E-state index in [2.05, 4.69) is 65.8 Å². The summed E-state index contributed by atoms with van der Waals surface area (Å²) in [4.78, 5) is 4.50. The molecule has 0 aliphatic rings. The second-order valence-electron chi connectivity index (χ2n) is 5.03. The molecule has 3 nitrogen and oxygen atoms in total. The Kier molecular flexibility index (Phi) is 8.58. The Morgan fingerprint density at radius 1 is 1.00 bits per heavy atom. The van der Waals surface area contributed by atoms with Crippen LogP contribution in [0.1, 0.15) is 30.4 Å². The molecule has 0 radical (unpaired) electrons. The van der Waals surface area contributed by atoms with Gasteiger partial charge in [0.2, 0.25) is 0 Å². The van der Waals surface area contributed by atoms with Crippen molar-refractivity contribution >= 4 is 29.9 Å². The maximum Gasteiger partial charge on any atom is 0.188 e. The molecule has 22 heavy (non-hydrogen) atoms. The van der Waals surface area contributed by atoms with Crippen molar-refractivity contribution in [2.45, 2.75) is 19.3 Å². The van der Waals surface area contributed by atoms with Crippen LogP contribution in [0.15, 0.2) is 65.7 Å². The predicted molar refractivity (Wildman–Crippen MR) is 105 cm³/mol. The molecule has 0 aromatic heterocycles. The molecule has 2 aromatic carbocycles. The van der Waals surface area contributed by atoms with Gasteiger partial charge in [0.25, 0.3) is 0 Å². The Morgan fingerprint density at radius 2 is 1.50 bits per heavy atom. The van der Waals surface area contributed by atoms with Gasteiger partial charge in [0.15, 0.2) is 5.96 Å². The number of rotatable bonds is 6. The normalized spacial score (nSPS) is 11.1. The van der Waals surface area contributed by atoms with Crippen molar-refractivity contribution in [2.24, 2.45) is 10.7 Å². The monoisotopic (exact) mass is 409 g/mol. The van der Waals surface area contributed by atoms with E-state index in [9.17, 15) is 0 Å². The highest BCUT2D eigenvalue weighted by molar-refractivity contribution is 14.0. The lowest BCUT2D eigenvalue weighted by atomic mass is 9.91. The average molecular weight is 409 g/mol. The summed E-state index contributed by atoms with van der Waals surface area (Å²) in [6.07, 6.45) is 1.04. The van der Waals surface area contributed by atoms with Gasteiger partial charge < -0.3 is 11.1 Å². The van der Waals surface area contributed by atoms with Crippen LogP contribution in [0.5, 0.6) is 0 Å². The van der Waals surface area contributed by atoms with Crippen LogP contribution < -0.4 is 11.1 Å². The number of hydrogen-bond acceptors (Lipinski definition) is 1. The van der Waals surface area contributed by atoms with Gasteiger partial charge in [0.05, 0.1) is 6.54 Å². The molecule has 2 aromatic rings. The van der Waals surface area contributed by atoms with Gasteiger partial charge in [0, 0.05) is 12.5 Å². The number of halogens is 1. The third-order valence-electron chi connectivity index (χ3n) is 3.40. The van der Waals surface area contributed by atoms with Crippen LogP contribution in [0.4, 0.5) is 0 Å². The molecule has 4 heteroatoms. The lowest BCUT2D eigenvalue weighted by Crippen LogP contribution is -2.32. The Balaban J connectivity index is 0.00000242. The quantitative estimate of drug-likeness (QED) is 0.434. The highest BCUT2D eigenvalue weighted by Crippen LogP contribution is 2.24. The highest BCUT2D eigenvalue weighted by Gasteiger charge is 2.13. The van der Waals surface area contributed by atoms with Gasteiger partial charge in [-0.25, -0.2) is 0 Å². The minimum Gasteiger partial charge on any atom is -0.370 e. The van der Waals surface area contributed by atoms with Gasteiger partial charge in [-0.15, -0.1) is 24.0 Å². The van der Waals surface area contributed by atoms with Gasteiger partial charge in [0.1, 0.15) is 0 Å². The first-order chi connectivity index (χ1) is 10.3. The van der Waals surface area contributed by atoms with Crippen LogP contribution in [-0.2, 0) is 0 Å². The second-order valence-corrected chi connectivity index (χ2v) is 5.03. The SMILES string of the molecule is CCCNC(N)=NCC(c1ccccc1)c1ccccc1.I. The zero-order valence-corrected chi connectivity index (χ0v) is 15.2. The summed E-state index contributed by atoms with van der Waals surface area (Å²) in [6, 6.07) is 20.9. The molecule has 0 atom stereocenters. The summed E-state index contributed by atoms with van der Waals surface area (Å²) < 4.78 is 0. The molecule has 2 rings (SSSR count). The molecule has 0 heterocycles. The van der Waals surface area contributed by atoms with Gasteiger partial charge in [-0.05, 0) is 17.5 Å². The van der Waals surface area contributed by atoms with Gasteiger partial charge in [-0.1, -0.05) is 67.6 Å². The summed E-state index contributed by atoms with van der Waals surface area (Å²) in [5.74, 6) is 0.753. The van der Waals surface area contributed by atoms with Crippen molar-refractivity contribution in [2.75, 3.05) is 13.1 Å². The van der Waals surface area contributed by atoms with Crippen molar-refractivity contribution in [3.63, 3.8) is 0 Å². The van der Waals surface area contributed by atoms with Crippen LogP contribution in [0, 0.1) is 0 Å². The van der Waals surface area contributed by atoms with Crippen molar-refractivity contribution in [1.82, 2.24) is 5.32 Å². The minimum absolute atomic E-state index is 0. The molecule has 0 unspecified atom stereocenters. The van der Waals surface area contributed by atoms with E-state index in [1.54, 1.807) is 0 Å². The first-order valence-electron chi connectivity index (χ1n) is 7.45. The van der Waals surface area contributed by atoms with Crippen LogP contribution in [0.2, 0.25) is 0 Å². The lowest BCUT2D eigenvalue weighted by molar-refractivity contribution is 0.790. The summed E-state index contributed by atoms with van der Waals surface area (Å²) in [5, 5.41) is 3.12. The Morgan fingerprint density at radius 3 is 1.95 bits per heavy atom. The fraction of sp³-hybridized carbons (Fsp3) is 0.278. The number of aliphatic imine (C=N–C) groups is 1. The van der Waals surface area contributed by atoms with E-state index in [1.165, 1.54) is 11.1 Å². The van der Waals surface area contributed by atoms with Crippen LogP contribution in [0.3, 0.4) is 0 Å². The lowest BCUT2D eigenvalue weighted by Gasteiger charge is -2.16. The largest absolute Gasteiger partial charge is 0.370 e. The fourth-order valence-electron chi connectivity index (χ4n) is 2.27. The number of guanidine groups is 1. The molecule has 0 bridgehead atoms. The van der Waals surface area contributed by atoms with E-state index in [1.807, 2.05) is 12.1 Å². The van der Waals surface area contributed by atoms with Crippen LogP contribution in [-0.4, -0.2) is 19.0 Å². The predicted octanol–water partition coefficient (Wildman–Crippen LogP) is 3.75. The molecule has 118 valence electrons. The smallest absolute Gasteiger partial charge is 0.188 e. The zero-order chi connectivity index (χ0) is 14.9. The highest BCUT2D eigenvalue weighted by atomic mass is 127. The second kappa shape index (κ2) is 10.2. The Hall–Kier alpha value is -1.56. The average Bonchev–Trinajstić information content (AvgIpc) is 2.55. The van der Waals surface area contributed by atoms with E-state index >= 15 is 0 Å². The van der Waals surface area contributed by atoms with Crippen LogP contribution in [0.25, 0.3) is 0 Å². The summed E-state index contributed by atoms with van der Waals surface area (Å²) in [7, 11) is 0. The first kappa shape index (κ1) is 18.5. The van der Waals surface area contributed by atoms with Crippen molar-refractivity contribution in [3.8, 4) is 0 Å². The van der Waals surface area contributed by atoms with Crippen molar-refractivity contribution in [1.29, 1.82) is 0 Å². The molecule has 0 aliphatic heterocycles. The minimum atomic E-state index is 0. The maximum absolute atomic E-state index is 5.90.